The van der Waals surface area contributed by atoms with E-state index < -0.39 is 6.03 Å². The maximum absolute atomic E-state index is 12.3. The van der Waals surface area contributed by atoms with E-state index in [1.165, 1.54) is 10.5 Å². The van der Waals surface area contributed by atoms with Crippen LogP contribution in [-0.4, -0.2) is 29.5 Å². The number of fused-ring (bicyclic) bond motifs is 1. The topological polar surface area (TPSA) is 103 Å². The summed E-state index contributed by atoms with van der Waals surface area (Å²) >= 11 is 0. The van der Waals surface area contributed by atoms with E-state index in [0.29, 0.717) is 24.5 Å². The van der Waals surface area contributed by atoms with E-state index in [1.807, 2.05) is 63.2 Å². The molecule has 3 aromatic rings. The van der Waals surface area contributed by atoms with Gasteiger partial charge in [-0.1, -0.05) is 18.2 Å². The monoisotopic (exact) mass is 431 g/mol. The molecule has 164 valence electrons. The van der Waals surface area contributed by atoms with Crippen LogP contribution >= 0.6 is 0 Å². The Morgan fingerprint density at radius 3 is 2.62 bits per heavy atom. The lowest BCUT2D eigenvalue weighted by molar-refractivity contribution is -0.120. The lowest BCUT2D eigenvalue weighted by atomic mass is 10.1. The number of nitrogens with one attached hydrogen (secondary N) is 3. The third-order valence-electron chi connectivity index (χ3n) is 5.61. The molecule has 0 saturated carbocycles. The number of aryl methyl sites for hydroxylation is 3. The number of nitrogens with zero attached hydrogens (tertiary/aromatic N) is 2. The number of carbonyl (C=O) groups is 3. The summed E-state index contributed by atoms with van der Waals surface area (Å²) in [5.74, 6) is -0.267. The number of hydrogen-bond acceptors (Lipinski definition) is 4. The van der Waals surface area contributed by atoms with Crippen molar-refractivity contribution in [2.75, 3.05) is 16.8 Å². The van der Waals surface area contributed by atoms with Crippen LogP contribution < -0.4 is 20.9 Å². The summed E-state index contributed by atoms with van der Waals surface area (Å²) in [6.07, 6.45) is 0.262. The number of carbonyl (C=O) groups excluding carboxylic acids is 3. The Bertz CT molecular complexity index is 1240. The molecule has 8 nitrogen and oxygen atoms in total. The molecule has 0 spiro atoms. The van der Waals surface area contributed by atoms with Gasteiger partial charge in [-0.15, -0.1) is 0 Å². The van der Waals surface area contributed by atoms with Crippen molar-refractivity contribution < 1.29 is 14.4 Å². The molecule has 1 aromatic heterocycles. The molecule has 3 N–H and O–H groups in total. The third kappa shape index (κ3) is 4.54. The first-order valence-electron chi connectivity index (χ1n) is 10.4. The fourth-order valence-electron chi connectivity index (χ4n) is 3.65. The Morgan fingerprint density at radius 2 is 1.88 bits per heavy atom. The predicted molar refractivity (Wildman–Crippen MR) is 124 cm³/mol. The van der Waals surface area contributed by atoms with Crippen LogP contribution in [0.1, 0.15) is 28.8 Å². The van der Waals surface area contributed by atoms with Gasteiger partial charge in [0.1, 0.15) is 0 Å². The summed E-state index contributed by atoms with van der Waals surface area (Å²) in [6.45, 7) is 6.55. The van der Waals surface area contributed by atoms with Crippen LogP contribution in [0.15, 0.2) is 42.5 Å². The second-order valence-electron chi connectivity index (χ2n) is 7.98. The van der Waals surface area contributed by atoms with Crippen LogP contribution in [0.2, 0.25) is 0 Å². The SMILES string of the molecule is Cc1ccc(NC(=O)NCc2ccc3cc(N4CCC(=O)NC4=O)c(C)nc3c2)cc1C. The fourth-order valence-corrected chi connectivity index (χ4v) is 3.65. The smallest absolute Gasteiger partial charge is 0.328 e. The summed E-state index contributed by atoms with van der Waals surface area (Å²) in [5, 5.41) is 8.92. The first-order valence-corrected chi connectivity index (χ1v) is 10.4. The van der Waals surface area contributed by atoms with E-state index >= 15 is 0 Å². The zero-order chi connectivity index (χ0) is 22.8. The standard InChI is InChI=1S/C24H25N5O3/c1-14-4-7-19(10-15(14)2)27-23(31)25-13-17-5-6-18-12-21(16(3)26-20(18)11-17)29-9-8-22(30)28-24(29)32/h4-7,10-12H,8-9,13H2,1-3H3,(H2,25,27,31)(H,28,30,32). The zero-order valence-corrected chi connectivity index (χ0v) is 18.3. The van der Waals surface area contributed by atoms with E-state index in [1.54, 1.807) is 0 Å². The molecule has 8 heteroatoms. The van der Waals surface area contributed by atoms with Crippen molar-refractivity contribution in [1.29, 1.82) is 0 Å². The van der Waals surface area contributed by atoms with Crippen LogP contribution in [0.5, 0.6) is 0 Å². The number of aromatic nitrogens is 1. The Balaban J connectivity index is 1.45. The number of benzene rings is 2. The molecular weight excluding hydrogens is 406 g/mol. The van der Waals surface area contributed by atoms with Crippen LogP contribution in [-0.2, 0) is 11.3 Å². The molecule has 0 atom stereocenters. The molecule has 0 bridgehead atoms. The van der Waals surface area contributed by atoms with Crippen molar-refractivity contribution in [2.24, 2.45) is 0 Å². The average molecular weight is 431 g/mol. The van der Waals surface area contributed by atoms with Crippen molar-refractivity contribution >= 4 is 40.2 Å². The highest BCUT2D eigenvalue weighted by molar-refractivity contribution is 6.06. The highest BCUT2D eigenvalue weighted by Crippen LogP contribution is 2.26. The van der Waals surface area contributed by atoms with Gasteiger partial charge in [0.25, 0.3) is 0 Å². The van der Waals surface area contributed by atoms with Crippen molar-refractivity contribution in [2.45, 2.75) is 33.7 Å². The fraction of sp³-hybridized carbons (Fsp3) is 0.250. The number of rotatable bonds is 4. The van der Waals surface area contributed by atoms with Crippen molar-refractivity contribution in [3.63, 3.8) is 0 Å². The molecule has 0 radical (unpaired) electrons. The summed E-state index contributed by atoms with van der Waals surface area (Å²) in [4.78, 5) is 42.0. The van der Waals surface area contributed by atoms with Crippen LogP contribution in [0.3, 0.4) is 0 Å². The summed E-state index contributed by atoms with van der Waals surface area (Å²) in [6, 6.07) is 12.7. The summed E-state index contributed by atoms with van der Waals surface area (Å²) < 4.78 is 0. The molecule has 2 aromatic carbocycles. The second kappa shape index (κ2) is 8.66. The quantitative estimate of drug-likeness (QED) is 0.582. The lowest BCUT2D eigenvalue weighted by Gasteiger charge is -2.27. The number of hydrogen-bond donors (Lipinski definition) is 3. The molecule has 32 heavy (non-hydrogen) atoms. The molecule has 1 saturated heterocycles. The van der Waals surface area contributed by atoms with Gasteiger partial charge >= 0.3 is 12.1 Å². The number of imide groups is 1. The normalized spacial score (nSPS) is 13.8. The molecule has 1 aliphatic heterocycles. The molecule has 5 amide bonds. The van der Waals surface area contributed by atoms with E-state index in [4.69, 9.17) is 0 Å². The maximum Gasteiger partial charge on any atom is 0.328 e. The van der Waals surface area contributed by atoms with Gasteiger partial charge in [0, 0.05) is 30.6 Å². The van der Waals surface area contributed by atoms with Gasteiger partial charge in [-0.2, -0.15) is 0 Å². The molecule has 4 rings (SSSR count). The van der Waals surface area contributed by atoms with Gasteiger partial charge < -0.3 is 10.6 Å². The molecular formula is C24H25N5O3. The molecule has 0 aliphatic carbocycles. The molecule has 2 heterocycles. The lowest BCUT2D eigenvalue weighted by Crippen LogP contribution is -2.49. The minimum atomic E-state index is -0.430. The average Bonchev–Trinajstić information content (AvgIpc) is 2.75. The van der Waals surface area contributed by atoms with Gasteiger partial charge in [-0.3, -0.25) is 20.0 Å². The highest BCUT2D eigenvalue weighted by atomic mass is 16.2. The van der Waals surface area contributed by atoms with Gasteiger partial charge in [0.15, 0.2) is 0 Å². The first-order chi connectivity index (χ1) is 15.3. The second-order valence-corrected chi connectivity index (χ2v) is 7.98. The minimum Gasteiger partial charge on any atom is -0.334 e. The van der Waals surface area contributed by atoms with Crippen molar-refractivity contribution in [1.82, 2.24) is 15.6 Å². The van der Waals surface area contributed by atoms with Gasteiger partial charge in [0.2, 0.25) is 5.91 Å². The first kappa shape index (κ1) is 21.3. The Morgan fingerprint density at radius 1 is 1.06 bits per heavy atom. The largest absolute Gasteiger partial charge is 0.334 e. The van der Waals surface area contributed by atoms with Crippen molar-refractivity contribution in [3.05, 3.63) is 64.8 Å². The number of amides is 5. The maximum atomic E-state index is 12.3. The molecule has 1 aliphatic rings. The zero-order valence-electron chi connectivity index (χ0n) is 18.3. The van der Waals surface area contributed by atoms with E-state index in [0.717, 1.165) is 27.7 Å². The number of anilines is 2. The van der Waals surface area contributed by atoms with Crippen molar-refractivity contribution in [3.8, 4) is 0 Å². The minimum absolute atomic E-state index is 0.262. The Hall–Kier alpha value is -3.94. The number of pyridine rings is 1. The third-order valence-corrected chi connectivity index (χ3v) is 5.61. The van der Waals surface area contributed by atoms with Gasteiger partial charge in [-0.25, -0.2) is 9.59 Å². The van der Waals surface area contributed by atoms with Crippen LogP contribution in [0, 0.1) is 20.8 Å². The van der Waals surface area contributed by atoms with E-state index in [9.17, 15) is 14.4 Å². The van der Waals surface area contributed by atoms with Gasteiger partial charge in [0.05, 0.1) is 16.9 Å². The molecule has 0 unspecified atom stereocenters. The van der Waals surface area contributed by atoms with Crippen LogP contribution in [0.25, 0.3) is 10.9 Å². The van der Waals surface area contributed by atoms with E-state index in [2.05, 4.69) is 20.9 Å². The van der Waals surface area contributed by atoms with Crippen LogP contribution in [0.4, 0.5) is 21.0 Å². The molecule has 1 fully saturated rings. The summed E-state index contributed by atoms with van der Waals surface area (Å²) in [5.41, 5.74) is 6.10. The highest BCUT2D eigenvalue weighted by Gasteiger charge is 2.26. The van der Waals surface area contributed by atoms with E-state index in [-0.39, 0.29) is 18.4 Å². The predicted octanol–water partition coefficient (Wildman–Crippen LogP) is 3.93. The Labute approximate surface area is 186 Å². The summed E-state index contributed by atoms with van der Waals surface area (Å²) in [7, 11) is 0. The number of urea groups is 2. The van der Waals surface area contributed by atoms with Gasteiger partial charge in [-0.05, 0) is 61.7 Å². The Kier molecular flexibility index (Phi) is 5.77.